The van der Waals surface area contributed by atoms with E-state index in [-0.39, 0.29) is 42.0 Å². The summed E-state index contributed by atoms with van der Waals surface area (Å²) in [5.41, 5.74) is 9.31. The molecule has 7 heteroatoms. The van der Waals surface area contributed by atoms with Gasteiger partial charge in [0.2, 0.25) is 5.78 Å². The van der Waals surface area contributed by atoms with Crippen LogP contribution in [0.1, 0.15) is 65.2 Å². The number of aliphatic hydroxyl groups excluding tert-OH is 1. The Morgan fingerprint density at radius 1 is 0.611 bits per heavy atom. The molecule has 9 rings (SSSR count). The van der Waals surface area contributed by atoms with Crippen LogP contribution in [0.3, 0.4) is 0 Å². The molecule has 0 fully saturated rings. The molecular weight excluding hydrogens is 660 g/mol. The zero-order chi connectivity index (χ0) is 37.7. The monoisotopic (exact) mass is 705 g/mol. The number of carbonyl (C=O) groups excluding carboxylic acids is 1. The molecule has 0 radical (unpaired) electrons. The first kappa shape index (κ1) is 34.1. The van der Waals surface area contributed by atoms with Crippen molar-refractivity contribution < 1.29 is 9.90 Å². The van der Waals surface area contributed by atoms with Gasteiger partial charge >= 0.3 is 6.98 Å². The zero-order valence-electron chi connectivity index (χ0n) is 32.1. The van der Waals surface area contributed by atoms with Gasteiger partial charge in [-0.1, -0.05) is 157 Å². The predicted molar refractivity (Wildman–Crippen MR) is 231 cm³/mol. The van der Waals surface area contributed by atoms with E-state index < -0.39 is 0 Å². The van der Waals surface area contributed by atoms with Crippen molar-refractivity contribution in [3.63, 3.8) is 0 Å². The van der Waals surface area contributed by atoms with Gasteiger partial charge in [0.25, 0.3) is 6.85 Å². The fraction of sp³-hybridized carbons (Fsp3) is 0.213. The minimum atomic E-state index is -0.215. The highest BCUT2D eigenvalue weighted by atomic mass is 16.3. The summed E-state index contributed by atoms with van der Waals surface area (Å²) in [6.07, 6.45) is 2.28. The molecule has 0 aromatic heterocycles. The number of nitrogens with one attached hydrogen (secondary N) is 3. The van der Waals surface area contributed by atoms with E-state index in [4.69, 9.17) is 0 Å². The van der Waals surface area contributed by atoms with Gasteiger partial charge in [-0.3, -0.25) is 4.79 Å². The van der Waals surface area contributed by atoms with E-state index in [9.17, 15) is 9.90 Å². The summed E-state index contributed by atoms with van der Waals surface area (Å²) in [5, 5.41) is 29.2. The maximum Gasteiger partial charge on any atom is 0.406 e. The molecule has 1 atom stereocenters. The Morgan fingerprint density at radius 3 is 1.80 bits per heavy atom. The van der Waals surface area contributed by atoms with E-state index in [0.717, 1.165) is 54.5 Å². The van der Waals surface area contributed by atoms with Crippen molar-refractivity contribution in [1.29, 1.82) is 0 Å². The number of aliphatic hydroxyl groups is 1. The van der Waals surface area contributed by atoms with E-state index in [1.54, 1.807) is 0 Å². The first-order chi connectivity index (χ1) is 25.8. The van der Waals surface area contributed by atoms with Crippen molar-refractivity contribution in [1.82, 2.24) is 0 Å². The first-order valence-corrected chi connectivity index (χ1v) is 19.1. The van der Waals surface area contributed by atoms with Crippen LogP contribution in [0.15, 0.2) is 115 Å². The van der Waals surface area contributed by atoms with Crippen LogP contribution in [0.25, 0.3) is 38.8 Å². The van der Waals surface area contributed by atoms with Crippen LogP contribution in [0, 0.1) is 0 Å². The summed E-state index contributed by atoms with van der Waals surface area (Å²) < 4.78 is 0. The van der Waals surface area contributed by atoms with Gasteiger partial charge in [0.15, 0.2) is 0 Å². The van der Waals surface area contributed by atoms with Crippen molar-refractivity contribution >= 4 is 86.4 Å². The molecule has 1 unspecified atom stereocenters. The molecule has 0 spiro atoms. The van der Waals surface area contributed by atoms with E-state index in [2.05, 4.69) is 161 Å². The van der Waals surface area contributed by atoms with E-state index in [1.165, 1.54) is 16.6 Å². The van der Waals surface area contributed by atoms with Crippen LogP contribution in [-0.2, 0) is 15.6 Å². The fourth-order valence-corrected chi connectivity index (χ4v) is 8.59. The highest BCUT2D eigenvalue weighted by Gasteiger charge is 2.39. The quantitative estimate of drug-likeness (QED) is 0.141. The Labute approximate surface area is 318 Å². The zero-order valence-corrected chi connectivity index (χ0v) is 32.1. The van der Waals surface area contributed by atoms with E-state index >= 15 is 0 Å². The summed E-state index contributed by atoms with van der Waals surface area (Å²) >= 11 is 0. The lowest BCUT2D eigenvalue weighted by atomic mass is 9.47. The van der Waals surface area contributed by atoms with E-state index in [0.29, 0.717) is 16.7 Å². The van der Waals surface area contributed by atoms with Gasteiger partial charge < -0.3 is 20.8 Å². The van der Waals surface area contributed by atoms with E-state index in [1.807, 2.05) is 18.2 Å². The molecule has 0 saturated heterocycles. The van der Waals surface area contributed by atoms with Crippen molar-refractivity contribution in [2.24, 2.45) is 0 Å². The smallest absolute Gasteiger partial charge is 0.406 e. The summed E-state index contributed by atoms with van der Waals surface area (Å²) in [6.45, 7) is 15.4. The first-order valence-electron chi connectivity index (χ1n) is 19.1. The SMILES string of the molecule is CC1C=c2/c(=C3\C(=O)C(c4ccc5cccc6c5c4NB(c4ccc(C(C)(C)C)cc4)N6)=C3O)ccc3cccc(c23)NB1c1ccc(C(C)(C)C)cc1. The van der Waals surface area contributed by atoms with Gasteiger partial charge in [0.1, 0.15) is 5.76 Å². The van der Waals surface area contributed by atoms with Crippen LogP contribution < -0.4 is 37.0 Å². The van der Waals surface area contributed by atoms with Crippen LogP contribution in [-0.4, -0.2) is 24.7 Å². The number of carbonyl (C=O) groups is 1. The molecule has 0 amide bonds. The largest absolute Gasteiger partial charge is 0.506 e. The Bertz CT molecular complexity index is 2700. The third kappa shape index (κ3) is 5.43. The Balaban J connectivity index is 1.17. The molecule has 0 saturated carbocycles. The molecule has 6 aromatic rings. The topological polar surface area (TPSA) is 73.4 Å². The number of anilines is 3. The lowest BCUT2D eigenvalue weighted by Gasteiger charge is -2.31. The standard InChI is InChI=1S/C47H45B2N3O2/c1-27-26-36-34(24-14-28-10-8-12-37(39(28)36)50-48(27)32-20-16-30(17-21-32)46(2,3)4)41-44(53)42(45(41)54)35-25-15-29-11-9-13-38-40(29)43(35)52-49(51-38)33-22-18-31(19-23-33)47(5,6)7/h8-27,50-53H,1-7H3/b41-34-. The third-order valence-electron chi connectivity index (χ3n) is 11.7. The molecule has 266 valence electrons. The van der Waals surface area contributed by atoms with Crippen LogP contribution in [0.5, 0.6) is 0 Å². The third-order valence-corrected chi connectivity index (χ3v) is 11.7. The second-order valence-corrected chi connectivity index (χ2v) is 17.4. The van der Waals surface area contributed by atoms with Crippen molar-refractivity contribution in [2.75, 3.05) is 15.7 Å². The van der Waals surface area contributed by atoms with Crippen LogP contribution >= 0.6 is 0 Å². The molecule has 6 aromatic carbocycles. The van der Waals surface area contributed by atoms with Gasteiger partial charge in [-0.2, -0.15) is 0 Å². The van der Waals surface area contributed by atoms with Gasteiger partial charge in [-0.25, -0.2) is 0 Å². The van der Waals surface area contributed by atoms with Crippen molar-refractivity contribution in [2.45, 2.75) is 65.1 Å². The maximum absolute atomic E-state index is 14.5. The second kappa shape index (κ2) is 12.2. The summed E-state index contributed by atoms with van der Waals surface area (Å²) in [5.74, 6) is -0.00844. The van der Waals surface area contributed by atoms with Gasteiger partial charge in [0.05, 0.1) is 11.1 Å². The molecule has 54 heavy (non-hydrogen) atoms. The molecule has 2 heterocycles. The molecule has 0 bridgehead atoms. The number of hydrogen-bond donors (Lipinski definition) is 4. The minimum Gasteiger partial charge on any atom is -0.506 e. The molecule has 2 aliphatic heterocycles. The molecule has 1 aliphatic carbocycles. The number of ketones is 1. The average molecular weight is 706 g/mol. The fourth-order valence-electron chi connectivity index (χ4n) is 8.59. The molecular formula is C47H45B2N3O2. The van der Waals surface area contributed by atoms with Gasteiger partial charge in [-0.05, 0) is 66.6 Å². The summed E-state index contributed by atoms with van der Waals surface area (Å²) in [7, 11) is 0. The van der Waals surface area contributed by atoms with Crippen LogP contribution in [0.2, 0.25) is 5.82 Å². The van der Waals surface area contributed by atoms with Crippen molar-refractivity contribution in [3.05, 3.63) is 142 Å². The Morgan fingerprint density at radius 2 is 1.19 bits per heavy atom. The summed E-state index contributed by atoms with van der Waals surface area (Å²) in [4.78, 5) is 14.5. The number of benzene rings is 6. The summed E-state index contributed by atoms with van der Waals surface area (Å²) in [6, 6.07) is 38.3. The second-order valence-electron chi connectivity index (χ2n) is 17.4. The molecule has 3 aliphatic rings. The van der Waals surface area contributed by atoms with Crippen LogP contribution in [0.4, 0.5) is 17.1 Å². The highest BCUT2D eigenvalue weighted by Crippen LogP contribution is 2.45. The number of Topliss-reactive ketones (excluding diaryl/α,β-unsaturated/α-hetero) is 1. The lowest BCUT2D eigenvalue weighted by Crippen LogP contribution is -2.48. The van der Waals surface area contributed by atoms with Gasteiger partial charge in [0, 0.05) is 33.4 Å². The normalized spacial score (nSPS) is 17.8. The van der Waals surface area contributed by atoms with Gasteiger partial charge in [-0.15, -0.1) is 0 Å². The number of allylic oxidation sites excluding steroid dienone is 2. The highest BCUT2D eigenvalue weighted by molar-refractivity contribution is 6.80. The molecule has 5 nitrogen and oxygen atoms in total. The lowest BCUT2D eigenvalue weighted by molar-refractivity contribution is -0.109. The predicted octanol–water partition coefficient (Wildman–Crippen LogP) is 8.02. The minimum absolute atomic E-state index is 0.0313. The average Bonchev–Trinajstić information content (AvgIpc) is 3.30. The maximum atomic E-state index is 14.5. The number of rotatable bonds is 3. The molecule has 4 N–H and O–H groups in total. The van der Waals surface area contributed by atoms with Crippen molar-refractivity contribution in [3.8, 4) is 0 Å². The Hall–Kier alpha value is -5.68. The Kier molecular flexibility index (Phi) is 7.69. The number of hydrogen-bond acceptors (Lipinski definition) is 5.